The van der Waals surface area contributed by atoms with Gasteiger partial charge in [0.05, 0.1) is 17.4 Å². The number of fused-ring (bicyclic) bond motifs is 1. The van der Waals surface area contributed by atoms with Crippen LogP contribution in [0.5, 0.6) is 0 Å². The number of imidazole rings is 1. The van der Waals surface area contributed by atoms with Crippen molar-refractivity contribution in [1.82, 2.24) is 14.9 Å². The van der Waals surface area contributed by atoms with Gasteiger partial charge in [-0.25, -0.2) is 4.98 Å². The van der Waals surface area contributed by atoms with Crippen molar-refractivity contribution in [3.8, 4) is 0 Å². The molecule has 0 aliphatic rings. The number of rotatable bonds is 4. The van der Waals surface area contributed by atoms with Crippen molar-refractivity contribution >= 4 is 22.9 Å². The van der Waals surface area contributed by atoms with E-state index < -0.39 is 5.97 Å². The molecule has 0 saturated carbocycles. The van der Waals surface area contributed by atoms with E-state index in [1.165, 1.54) is 4.90 Å². The Balaban J connectivity index is 2.28. The molecule has 0 unspecified atom stereocenters. The Morgan fingerprint density at radius 3 is 2.89 bits per heavy atom. The zero-order valence-electron chi connectivity index (χ0n) is 9.88. The molecule has 0 fully saturated rings. The summed E-state index contributed by atoms with van der Waals surface area (Å²) < 4.78 is 0. The number of carboxylic acid groups (broad SMARTS) is 1. The fraction of sp³-hybridized carbons (Fsp3) is 0.250. The average Bonchev–Trinajstić information content (AvgIpc) is 2.81. The first kappa shape index (κ1) is 12.1. The van der Waals surface area contributed by atoms with Gasteiger partial charge in [0.25, 0.3) is 5.91 Å². The van der Waals surface area contributed by atoms with Crippen molar-refractivity contribution in [1.29, 1.82) is 0 Å². The number of hydrogen-bond acceptors (Lipinski definition) is 3. The molecule has 18 heavy (non-hydrogen) atoms. The highest BCUT2D eigenvalue weighted by Gasteiger charge is 2.17. The minimum absolute atomic E-state index is 0.295. The number of aliphatic carboxylic acids is 1. The lowest BCUT2D eigenvalue weighted by molar-refractivity contribution is -0.137. The molecule has 1 amide bonds. The van der Waals surface area contributed by atoms with Gasteiger partial charge >= 0.3 is 5.97 Å². The van der Waals surface area contributed by atoms with E-state index in [2.05, 4.69) is 9.97 Å². The first-order chi connectivity index (χ1) is 8.61. The number of nitrogens with zero attached hydrogens (tertiary/aromatic N) is 2. The number of aromatic nitrogens is 2. The number of carboxylic acids is 1. The number of amides is 1. The van der Waals surface area contributed by atoms with Gasteiger partial charge in [0.2, 0.25) is 0 Å². The van der Waals surface area contributed by atoms with Gasteiger partial charge in [-0.2, -0.15) is 0 Å². The third kappa shape index (κ3) is 2.32. The molecule has 0 aliphatic carbocycles. The summed E-state index contributed by atoms with van der Waals surface area (Å²) in [5.74, 6) is -1.32. The van der Waals surface area contributed by atoms with E-state index >= 15 is 0 Å². The fourth-order valence-electron chi connectivity index (χ4n) is 1.74. The van der Waals surface area contributed by atoms with E-state index in [-0.39, 0.29) is 12.5 Å². The average molecular weight is 247 g/mol. The van der Waals surface area contributed by atoms with Crippen LogP contribution >= 0.6 is 0 Å². The highest BCUT2D eigenvalue weighted by molar-refractivity contribution is 5.98. The van der Waals surface area contributed by atoms with Gasteiger partial charge in [-0.3, -0.25) is 9.59 Å². The minimum Gasteiger partial charge on any atom is -0.480 e. The standard InChI is InChI=1S/C12H13N3O3/c1-2-15(6-11(16)17)12(18)8-3-4-9-10(5-8)14-7-13-9/h3-5,7H,2,6H2,1H3,(H,13,14)(H,16,17). The summed E-state index contributed by atoms with van der Waals surface area (Å²) in [6.07, 6.45) is 1.55. The Bertz CT molecular complexity index is 591. The van der Waals surface area contributed by atoms with Crippen molar-refractivity contribution in [3.05, 3.63) is 30.1 Å². The van der Waals surface area contributed by atoms with Crippen LogP contribution in [0.1, 0.15) is 17.3 Å². The summed E-state index contributed by atoms with van der Waals surface area (Å²) in [4.78, 5) is 31.0. The molecule has 0 spiro atoms. The Hall–Kier alpha value is -2.37. The van der Waals surface area contributed by atoms with Crippen LogP contribution in [0.3, 0.4) is 0 Å². The van der Waals surface area contributed by atoms with E-state index in [4.69, 9.17) is 5.11 Å². The van der Waals surface area contributed by atoms with Gasteiger partial charge < -0.3 is 15.0 Å². The lowest BCUT2D eigenvalue weighted by Gasteiger charge is -2.18. The molecular weight excluding hydrogens is 234 g/mol. The second-order valence-electron chi connectivity index (χ2n) is 3.85. The van der Waals surface area contributed by atoms with Crippen molar-refractivity contribution in [2.75, 3.05) is 13.1 Å². The predicted octanol–water partition coefficient (Wildman–Crippen LogP) is 1.11. The van der Waals surface area contributed by atoms with E-state index in [9.17, 15) is 9.59 Å². The van der Waals surface area contributed by atoms with Gasteiger partial charge in [-0.1, -0.05) is 0 Å². The Morgan fingerprint density at radius 2 is 2.22 bits per heavy atom. The van der Waals surface area contributed by atoms with Gasteiger partial charge in [-0.05, 0) is 25.1 Å². The molecule has 0 saturated heterocycles. The Kier molecular flexibility index (Phi) is 3.27. The molecule has 0 bridgehead atoms. The maximum atomic E-state index is 12.1. The lowest BCUT2D eigenvalue weighted by Crippen LogP contribution is -2.35. The molecule has 2 rings (SSSR count). The summed E-state index contributed by atoms with van der Waals surface area (Å²) >= 11 is 0. The third-order valence-corrected chi connectivity index (χ3v) is 2.66. The summed E-state index contributed by atoms with van der Waals surface area (Å²) in [6, 6.07) is 5.05. The van der Waals surface area contributed by atoms with Gasteiger partial charge in [-0.15, -0.1) is 0 Å². The lowest BCUT2D eigenvalue weighted by atomic mass is 10.1. The summed E-state index contributed by atoms with van der Waals surface area (Å²) in [7, 11) is 0. The molecule has 6 heteroatoms. The van der Waals surface area contributed by atoms with E-state index in [0.29, 0.717) is 12.1 Å². The van der Waals surface area contributed by atoms with Crippen LogP contribution in [0.4, 0.5) is 0 Å². The molecule has 2 N–H and O–H groups in total. The number of H-pyrrole nitrogens is 1. The van der Waals surface area contributed by atoms with Crippen molar-refractivity contribution < 1.29 is 14.7 Å². The number of hydrogen-bond donors (Lipinski definition) is 2. The summed E-state index contributed by atoms with van der Waals surface area (Å²) in [5, 5.41) is 8.74. The summed E-state index contributed by atoms with van der Waals surface area (Å²) in [5.41, 5.74) is 1.98. The van der Waals surface area contributed by atoms with E-state index in [0.717, 1.165) is 11.0 Å². The first-order valence-corrected chi connectivity index (χ1v) is 5.56. The minimum atomic E-state index is -1.02. The largest absolute Gasteiger partial charge is 0.480 e. The van der Waals surface area contributed by atoms with Crippen LogP contribution in [0.25, 0.3) is 11.0 Å². The fourth-order valence-corrected chi connectivity index (χ4v) is 1.74. The molecule has 1 heterocycles. The van der Waals surface area contributed by atoms with Gasteiger partial charge in [0.15, 0.2) is 0 Å². The molecule has 0 aliphatic heterocycles. The Morgan fingerprint density at radius 1 is 1.44 bits per heavy atom. The Labute approximate surface area is 103 Å². The second kappa shape index (κ2) is 4.87. The van der Waals surface area contributed by atoms with Crippen molar-refractivity contribution in [3.63, 3.8) is 0 Å². The number of carbonyl (C=O) groups is 2. The van der Waals surface area contributed by atoms with Gasteiger partial charge in [0, 0.05) is 12.1 Å². The third-order valence-electron chi connectivity index (χ3n) is 2.66. The van der Waals surface area contributed by atoms with Crippen molar-refractivity contribution in [2.24, 2.45) is 0 Å². The molecule has 1 aromatic heterocycles. The van der Waals surface area contributed by atoms with Gasteiger partial charge in [0.1, 0.15) is 6.54 Å². The van der Waals surface area contributed by atoms with Crippen LogP contribution in [-0.2, 0) is 4.79 Å². The molecule has 6 nitrogen and oxygen atoms in total. The van der Waals surface area contributed by atoms with Crippen LogP contribution < -0.4 is 0 Å². The monoisotopic (exact) mass is 247 g/mol. The highest BCUT2D eigenvalue weighted by Crippen LogP contribution is 2.13. The first-order valence-electron chi connectivity index (χ1n) is 5.56. The predicted molar refractivity (Wildman–Crippen MR) is 65.3 cm³/mol. The molecule has 0 atom stereocenters. The maximum absolute atomic E-state index is 12.1. The molecule has 0 radical (unpaired) electrons. The molecular formula is C12H13N3O3. The van der Waals surface area contributed by atoms with Crippen LogP contribution in [-0.4, -0.2) is 44.9 Å². The number of likely N-dealkylation sites (N-methyl/N-ethyl adjacent to an activating group) is 1. The molecule has 2 aromatic rings. The summed E-state index contributed by atoms with van der Waals surface area (Å²) in [6.45, 7) is 1.80. The van der Waals surface area contributed by atoms with E-state index in [1.807, 2.05) is 0 Å². The molecule has 94 valence electrons. The number of benzene rings is 1. The number of aromatic amines is 1. The van der Waals surface area contributed by atoms with E-state index in [1.54, 1.807) is 31.5 Å². The SMILES string of the molecule is CCN(CC(=O)O)C(=O)c1ccc2nc[nH]c2c1. The zero-order valence-corrected chi connectivity index (χ0v) is 9.88. The second-order valence-corrected chi connectivity index (χ2v) is 3.85. The number of carbonyl (C=O) groups excluding carboxylic acids is 1. The normalized spacial score (nSPS) is 10.5. The highest BCUT2D eigenvalue weighted by atomic mass is 16.4. The van der Waals surface area contributed by atoms with Crippen molar-refractivity contribution in [2.45, 2.75) is 6.92 Å². The van der Waals surface area contributed by atoms with Crippen LogP contribution in [0.15, 0.2) is 24.5 Å². The quantitative estimate of drug-likeness (QED) is 0.847. The smallest absolute Gasteiger partial charge is 0.323 e. The maximum Gasteiger partial charge on any atom is 0.323 e. The topological polar surface area (TPSA) is 86.3 Å². The molecule has 1 aromatic carbocycles. The van der Waals surface area contributed by atoms with Crippen LogP contribution in [0.2, 0.25) is 0 Å². The number of nitrogens with one attached hydrogen (secondary N) is 1. The zero-order chi connectivity index (χ0) is 13.1. The van der Waals surface area contributed by atoms with Crippen LogP contribution in [0, 0.1) is 0 Å².